The van der Waals surface area contributed by atoms with E-state index in [4.69, 9.17) is 51.6 Å². The molecule has 0 amide bonds. The van der Waals surface area contributed by atoms with Crippen LogP contribution in [-0.2, 0) is 66.7 Å². The standard InChI is InChI=1S/C49H78O26S/c1-17(50)23-7-8-24-22-14-28(26-13-21(75-76(62,63)64)9-11-49(26,6)25(22)10-12-48(23,24)5)70-45-39(61)40(32(54)20(4)69-45)72-47-42(74-44-38(60)36(58)31(53)19(3)68-44)34(56)29(16-66-47)71-46-41(33(55)27(51)15-65-46)73-43-37(59)35(57)30(52)18(2)67-43/h10,18-24,26-47,51-61H,7-9,11-16H2,1-6H3,(H,62,63,64)/t18-,19-,20-,21+,22+,23-,24+,26-,27+,28+,29-,30+,31-,32-,33+,34+,35+,36+,37-,38-,39-,40+,41-,42-,43+,44+,45+,46+,47+,48-,49-/m1/s1. The zero-order valence-corrected chi connectivity index (χ0v) is 44.0. The molecule has 0 aromatic rings. The molecular formula is C49H78O26S. The Kier molecular flexibility index (Phi) is 17.6. The summed E-state index contributed by atoms with van der Waals surface area (Å²) < 4.78 is 99.4. The van der Waals surface area contributed by atoms with Crippen LogP contribution in [0.25, 0.3) is 0 Å². The number of hydrogen-bond acceptors (Lipinski definition) is 25. The summed E-state index contributed by atoms with van der Waals surface area (Å²) in [5.74, 6) is -0.445. The van der Waals surface area contributed by atoms with E-state index < -0.39 is 188 Å². The number of rotatable bonds is 13. The van der Waals surface area contributed by atoms with Crippen LogP contribution < -0.4 is 0 Å². The Morgan fingerprint density at radius 3 is 1.70 bits per heavy atom. The van der Waals surface area contributed by atoms with Crippen molar-refractivity contribution in [2.24, 2.45) is 34.5 Å². The molecule has 5 heterocycles. The normalized spacial score (nSPS) is 54.0. The maximum Gasteiger partial charge on any atom is 0.397 e. The van der Waals surface area contributed by atoms with Gasteiger partial charge in [-0.1, -0.05) is 25.5 Å². The lowest BCUT2D eigenvalue weighted by molar-refractivity contribution is -0.394. The minimum atomic E-state index is -4.83. The summed E-state index contributed by atoms with van der Waals surface area (Å²) in [5, 5.41) is 121. The third-order valence-corrected chi connectivity index (χ3v) is 19.0. The number of aliphatic hydroxyl groups is 11. The zero-order chi connectivity index (χ0) is 55.2. The molecule has 0 spiro atoms. The molecule has 76 heavy (non-hydrogen) atoms. The quantitative estimate of drug-likeness (QED) is 0.0638. The van der Waals surface area contributed by atoms with E-state index in [0.717, 1.165) is 12.8 Å². The Morgan fingerprint density at radius 1 is 0.579 bits per heavy atom. The maximum atomic E-state index is 13.0. The minimum Gasteiger partial charge on any atom is -0.388 e. The number of hydrogen-bond donors (Lipinski definition) is 12. The highest BCUT2D eigenvalue weighted by atomic mass is 32.3. The molecule has 4 aliphatic carbocycles. The maximum absolute atomic E-state index is 13.0. The monoisotopic (exact) mass is 1110 g/mol. The number of allylic oxidation sites excluding steroid dienone is 2. The molecule has 26 nitrogen and oxygen atoms in total. The first kappa shape index (κ1) is 59.1. The molecule has 12 N–H and O–H groups in total. The molecule has 31 atom stereocenters. The number of ketones is 1. The van der Waals surface area contributed by atoms with Gasteiger partial charge < -0.3 is 104 Å². The van der Waals surface area contributed by atoms with Crippen molar-refractivity contribution in [2.75, 3.05) is 13.2 Å². The fourth-order valence-electron chi connectivity index (χ4n) is 14.1. The van der Waals surface area contributed by atoms with Gasteiger partial charge in [-0.2, -0.15) is 8.42 Å². The van der Waals surface area contributed by atoms with Crippen LogP contribution in [0, 0.1) is 34.5 Å². The smallest absolute Gasteiger partial charge is 0.388 e. The van der Waals surface area contributed by atoms with E-state index in [2.05, 4.69) is 19.9 Å². The average Bonchev–Trinajstić information content (AvgIpc) is 3.75. The first-order chi connectivity index (χ1) is 35.6. The molecule has 9 rings (SSSR count). The van der Waals surface area contributed by atoms with Gasteiger partial charge in [0, 0.05) is 5.92 Å². The summed E-state index contributed by atoms with van der Waals surface area (Å²) in [7, 11) is -4.83. The Labute approximate surface area is 439 Å². The lowest BCUT2D eigenvalue weighted by Gasteiger charge is -2.59. The molecule has 9 aliphatic rings. The molecule has 3 saturated carbocycles. The van der Waals surface area contributed by atoms with Crippen LogP contribution >= 0.6 is 0 Å². The first-order valence-corrected chi connectivity index (χ1v) is 27.8. The van der Waals surface area contributed by atoms with E-state index in [0.29, 0.717) is 25.7 Å². The lowest BCUT2D eigenvalue weighted by Crippen LogP contribution is -2.66. The highest BCUT2D eigenvalue weighted by Gasteiger charge is 2.62. The van der Waals surface area contributed by atoms with Gasteiger partial charge in [0.1, 0.15) is 97.3 Å². The molecule has 5 aliphatic heterocycles. The van der Waals surface area contributed by atoms with Crippen LogP contribution in [-0.4, -0.2) is 242 Å². The van der Waals surface area contributed by atoms with Crippen molar-refractivity contribution in [1.82, 2.24) is 0 Å². The highest BCUT2D eigenvalue weighted by molar-refractivity contribution is 7.80. The average molecular weight is 1120 g/mol. The van der Waals surface area contributed by atoms with E-state index in [1.54, 1.807) is 6.92 Å². The Hall–Kier alpha value is -1.56. The number of aliphatic hydroxyl groups excluding tert-OH is 11. The third kappa shape index (κ3) is 11.1. The molecule has 27 heteroatoms. The summed E-state index contributed by atoms with van der Waals surface area (Å²) in [4.78, 5) is 13.0. The van der Waals surface area contributed by atoms with Crippen LogP contribution in [0.2, 0.25) is 0 Å². The SMILES string of the molecule is CC(=O)[C@H]1CC[C@H]2[C@@H]3C[C@H](O[C@@H]4O[C@H](C)[C@@H](O)[C@H](O[C@@H]5OC[C@@H](O[C@@H]6OC[C@H](O)[C@H](O)[C@H]6O[C@@H]6O[C@H](C)[C@H](O)[C@H](O)[C@H]6O)[C@H](O)[C@H]5O[C@@H]5O[C@H](C)[C@@H](O)[C@H](O)[C@H]5O)[C@H]4O)[C@H]4C[C@@H](OS(=O)(=O)O)CC[C@]4(C)C3=CC[C@]12C. The Balaban J connectivity index is 0.970. The Morgan fingerprint density at radius 2 is 1.11 bits per heavy atom. The van der Waals surface area contributed by atoms with Gasteiger partial charge >= 0.3 is 10.4 Å². The summed E-state index contributed by atoms with van der Waals surface area (Å²) in [6, 6.07) is 0. The van der Waals surface area contributed by atoms with Gasteiger partial charge in [-0.25, -0.2) is 4.18 Å². The van der Waals surface area contributed by atoms with E-state index in [-0.39, 0.29) is 35.4 Å². The second-order valence-corrected chi connectivity index (χ2v) is 24.2. The molecule has 0 aromatic carbocycles. The largest absolute Gasteiger partial charge is 0.397 e. The van der Waals surface area contributed by atoms with Crippen LogP contribution in [0.5, 0.6) is 0 Å². The second kappa shape index (κ2) is 22.6. The predicted octanol–water partition coefficient (Wildman–Crippen LogP) is -3.20. The number of Topliss-reactive ketones (excluding diaryl/α,β-unsaturated/α-hetero) is 1. The van der Waals surface area contributed by atoms with Crippen molar-refractivity contribution in [2.45, 2.75) is 240 Å². The second-order valence-electron chi connectivity index (χ2n) is 23.2. The predicted molar refractivity (Wildman–Crippen MR) is 251 cm³/mol. The highest BCUT2D eigenvalue weighted by Crippen LogP contribution is 2.66. The molecule has 436 valence electrons. The van der Waals surface area contributed by atoms with E-state index in [1.807, 2.05) is 0 Å². The molecule has 0 aromatic heterocycles. The fraction of sp³-hybridized carbons (Fsp3) is 0.939. The van der Waals surface area contributed by atoms with Crippen LogP contribution in [0.15, 0.2) is 11.6 Å². The fourth-order valence-corrected chi connectivity index (χ4v) is 14.6. The van der Waals surface area contributed by atoms with Gasteiger partial charge in [-0.15, -0.1) is 0 Å². The summed E-state index contributed by atoms with van der Waals surface area (Å²) >= 11 is 0. The summed E-state index contributed by atoms with van der Waals surface area (Å²) in [6.45, 7) is 9.04. The molecule has 0 unspecified atom stereocenters. The Bertz CT molecular complexity index is 2180. The van der Waals surface area contributed by atoms with Crippen molar-refractivity contribution < 1.29 is 125 Å². The first-order valence-electron chi connectivity index (χ1n) is 26.5. The van der Waals surface area contributed by atoms with Crippen molar-refractivity contribution in [3.63, 3.8) is 0 Å². The van der Waals surface area contributed by atoms with Crippen molar-refractivity contribution >= 4 is 16.2 Å². The lowest BCUT2D eigenvalue weighted by atomic mass is 9.48. The van der Waals surface area contributed by atoms with Gasteiger partial charge in [-0.05, 0) is 101 Å². The minimum absolute atomic E-state index is 0.0684. The zero-order valence-electron chi connectivity index (χ0n) is 43.2. The molecule has 5 saturated heterocycles. The molecular weight excluding hydrogens is 1040 g/mol. The van der Waals surface area contributed by atoms with Crippen LogP contribution in [0.1, 0.15) is 86.5 Å². The number of carbonyl (C=O) groups excluding carboxylic acids is 1. The van der Waals surface area contributed by atoms with E-state index >= 15 is 0 Å². The van der Waals surface area contributed by atoms with Crippen LogP contribution in [0.3, 0.4) is 0 Å². The van der Waals surface area contributed by atoms with Gasteiger partial charge in [-0.3, -0.25) is 9.35 Å². The van der Waals surface area contributed by atoms with Crippen molar-refractivity contribution in [3.8, 4) is 0 Å². The third-order valence-electron chi connectivity index (χ3n) is 18.5. The summed E-state index contributed by atoms with van der Waals surface area (Å²) in [5.41, 5.74) is 0.283. The van der Waals surface area contributed by atoms with E-state index in [9.17, 15) is 73.9 Å². The topological polar surface area (TPSA) is 396 Å². The molecule has 8 fully saturated rings. The van der Waals surface area contributed by atoms with Gasteiger partial charge in [0.25, 0.3) is 0 Å². The number of fused-ring (bicyclic) bond motifs is 5. The molecule has 0 bridgehead atoms. The van der Waals surface area contributed by atoms with Gasteiger partial charge in [0.05, 0.1) is 43.7 Å². The van der Waals surface area contributed by atoms with Gasteiger partial charge in [0.15, 0.2) is 31.5 Å². The van der Waals surface area contributed by atoms with E-state index in [1.165, 1.54) is 26.3 Å². The van der Waals surface area contributed by atoms with Crippen LogP contribution in [0.4, 0.5) is 0 Å². The van der Waals surface area contributed by atoms with Gasteiger partial charge in [0.2, 0.25) is 0 Å². The number of ether oxygens (including phenoxy) is 10. The van der Waals surface area contributed by atoms with Crippen molar-refractivity contribution in [1.29, 1.82) is 0 Å². The summed E-state index contributed by atoms with van der Waals surface area (Å²) in [6.07, 6.45) is -33.5. The van der Waals surface area contributed by atoms with Crippen molar-refractivity contribution in [3.05, 3.63) is 11.6 Å². The number of carbonyl (C=O) groups is 1. The molecule has 0 radical (unpaired) electrons.